The van der Waals surface area contributed by atoms with Gasteiger partial charge >= 0.3 is 0 Å². The Morgan fingerprint density at radius 2 is 1.96 bits per heavy atom. The summed E-state index contributed by atoms with van der Waals surface area (Å²) in [5, 5.41) is 9.12. The van der Waals surface area contributed by atoms with Crippen LogP contribution in [0, 0.1) is 20.8 Å². The van der Waals surface area contributed by atoms with Gasteiger partial charge in [-0.3, -0.25) is 4.79 Å². The minimum atomic E-state index is 0.0899. The van der Waals surface area contributed by atoms with Crippen molar-refractivity contribution in [3.63, 3.8) is 0 Å². The second-order valence-electron chi connectivity index (χ2n) is 5.77. The lowest BCUT2D eigenvalue weighted by molar-refractivity contribution is 0.102. The first-order valence-electron chi connectivity index (χ1n) is 7.64. The molecule has 0 amide bonds. The van der Waals surface area contributed by atoms with E-state index in [-0.39, 0.29) is 5.78 Å². The van der Waals surface area contributed by atoms with Crippen molar-refractivity contribution in [3.8, 4) is 11.4 Å². The first-order valence-corrected chi connectivity index (χ1v) is 8.63. The molecule has 5 nitrogen and oxygen atoms in total. The highest BCUT2D eigenvalue weighted by Crippen LogP contribution is 2.26. The number of aromatic nitrogens is 3. The van der Waals surface area contributed by atoms with Crippen molar-refractivity contribution < 1.29 is 9.21 Å². The molecule has 1 aromatic carbocycles. The molecule has 0 saturated carbocycles. The van der Waals surface area contributed by atoms with Crippen molar-refractivity contribution >= 4 is 17.5 Å². The first-order chi connectivity index (χ1) is 11.5. The Hall–Kier alpha value is -2.34. The van der Waals surface area contributed by atoms with Crippen LogP contribution in [0.5, 0.6) is 0 Å². The van der Waals surface area contributed by atoms with Crippen molar-refractivity contribution in [1.82, 2.24) is 14.8 Å². The number of benzene rings is 1. The summed E-state index contributed by atoms with van der Waals surface area (Å²) < 4.78 is 7.20. The predicted octanol–water partition coefficient (Wildman–Crippen LogP) is 3.98. The topological polar surface area (TPSA) is 60.9 Å². The smallest absolute Gasteiger partial charge is 0.191 e. The molecule has 0 bridgehead atoms. The van der Waals surface area contributed by atoms with Crippen LogP contribution in [0.4, 0.5) is 0 Å². The molecule has 0 radical (unpaired) electrons. The average molecular weight is 341 g/mol. The summed E-state index contributed by atoms with van der Waals surface area (Å²) in [6, 6.07) is 7.67. The van der Waals surface area contributed by atoms with Gasteiger partial charge < -0.3 is 8.98 Å². The van der Waals surface area contributed by atoms with E-state index in [0.717, 1.165) is 28.3 Å². The number of furan rings is 1. The van der Waals surface area contributed by atoms with Gasteiger partial charge in [0.05, 0.1) is 17.6 Å². The highest BCUT2D eigenvalue weighted by molar-refractivity contribution is 7.99. The van der Waals surface area contributed by atoms with E-state index in [2.05, 4.69) is 10.2 Å². The monoisotopic (exact) mass is 341 g/mol. The van der Waals surface area contributed by atoms with Crippen molar-refractivity contribution in [3.05, 3.63) is 53.0 Å². The van der Waals surface area contributed by atoms with E-state index < -0.39 is 0 Å². The number of rotatable bonds is 5. The van der Waals surface area contributed by atoms with Gasteiger partial charge in [-0.1, -0.05) is 23.9 Å². The molecule has 0 saturated heterocycles. The Kier molecular flexibility index (Phi) is 4.57. The fourth-order valence-electron chi connectivity index (χ4n) is 2.42. The molecule has 0 fully saturated rings. The van der Waals surface area contributed by atoms with Crippen molar-refractivity contribution in [2.45, 2.75) is 25.9 Å². The third kappa shape index (κ3) is 3.14. The molecule has 2 aromatic heterocycles. The Morgan fingerprint density at radius 1 is 1.17 bits per heavy atom. The largest absolute Gasteiger partial charge is 0.469 e. The lowest BCUT2D eigenvalue weighted by Crippen LogP contribution is -2.04. The van der Waals surface area contributed by atoms with E-state index in [1.54, 1.807) is 6.26 Å². The molecular weight excluding hydrogens is 322 g/mol. The van der Waals surface area contributed by atoms with Gasteiger partial charge in [0.25, 0.3) is 0 Å². The Morgan fingerprint density at radius 3 is 2.62 bits per heavy atom. The average Bonchev–Trinajstić information content (AvgIpc) is 3.13. The summed E-state index contributed by atoms with van der Waals surface area (Å²) in [6.45, 7) is 5.94. The maximum Gasteiger partial charge on any atom is 0.191 e. The van der Waals surface area contributed by atoms with E-state index in [0.29, 0.717) is 10.9 Å². The second-order valence-corrected chi connectivity index (χ2v) is 6.71. The molecule has 3 aromatic rings. The summed E-state index contributed by atoms with van der Waals surface area (Å²) in [5.41, 5.74) is 3.96. The van der Waals surface area contributed by atoms with Crippen LogP contribution >= 0.6 is 11.8 Å². The molecule has 0 aliphatic rings. The predicted molar refractivity (Wildman–Crippen MR) is 94.4 cm³/mol. The molecule has 0 spiro atoms. The molecule has 6 heteroatoms. The van der Waals surface area contributed by atoms with Gasteiger partial charge in [0.15, 0.2) is 16.8 Å². The number of Topliss-reactive ketones (excluding diaryl/α,β-unsaturated/α-hetero) is 1. The molecule has 2 heterocycles. The summed E-state index contributed by atoms with van der Waals surface area (Å²) in [4.78, 5) is 12.4. The minimum absolute atomic E-state index is 0.0899. The van der Waals surface area contributed by atoms with Crippen LogP contribution in [-0.2, 0) is 7.05 Å². The van der Waals surface area contributed by atoms with Gasteiger partial charge in [0.2, 0.25) is 0 Å². The first kappa shape index (κ1) is 16.5. The number of thioether (sulfide) groups is 1. The second kappa shape index (κ2) is 6.65. The van der Waals surface area contributed by atoms with Crippen LogP contribution in [-0.4, -0.2) is 26.3 Å². The van der Waals surface area contributed by atoms with Crippen LogP contribution in [0.25, 0.3) is 11.4 Å². The van der Waals surface area contributed by atoms with Crippen LogP contribution in [0.15, 0.2) is 40.1 Å². The fourth-order valence-corrected chi connectivity index (χ4v) is 3.23. The summed E-state index contributed by atoms with van der Waals surface area (Å²) in [7, 11) is 1.89. The Labute approximate surface area is 145 Å². The Bertz CT molecular complexity index is 896. The van der Waals surface area contributed by atoms with Gasteiger partial charge in [-0.15, -0.1) is 10.2 Å². The third-order valence-corrected chi connectivity index (χ3v) is 5.12. The number of hydrogen-bond donors (Lipinski definition) is 0. The summed E-state index contributed by atoms with van der Waals surface area (Å²) >= 11 is 1.39. The summed E-state index contributed by atoms with van der Waals surface area (Å²) in [6.07, 6.45) is 1.63. The maximum absolute atomic E-state index is 12.4. The molecule has 24 heavy (non-hydrogen) atoms. The standard InChI is InChI=1S/C18H19N3O2S/c1-11-5-6-14(9-12(11)2)16(22)10-24-18-20-19-17(21(18)4)15-7-8-23-13(15)3/h5-9H,10H2,1-4H3. The van der Waals surface area contributed by atoms with Crippen LogP contribution in [0.2, 0.25) is 0 Å². The number of nitrogens with zero attached hydrogens (tertiary/aromatic N) is 3. The molecular formula is C18H19N3O2S. The number of aryl methyl sites for hydroxylation is 3. The minimum Gasteiger partial charge on any atom is -0.469 e. The molecule has 0 aliphatic carbocycles. The van der Waals surface area contributed by atoms with Gasteiger partial charge in [0, 0.05) is 12.6 Å². The summed E-state index contributed by atoms with van der Waals surface area (Å²) in [5.74, 6) is 1.96. The van der Waals surface area contributed by atoms with Gasteiger partial charge in [0.1, 0.15) is 5.76 Å². The maximum atomic E-state index is 12.4. The molecule has 0 atom stereocenters. The van der Waals surface area contributed by atoms with Gasteiger partial charge in [-0.25, -0.2) is 0 Å². The van der Waals surface area contributed by atoms with E-state index in [4.69, 9.17) is 4.42 Å². The molecule has 0 N–H and O–H groups in total. The van der Waals surface area contributed by atoms with E-state index in [9.17, 15) is 4.79 Å². The number of carbonyl (C=O) groups is 1. The zero-order chi connectivity index (χ0) is 17.3. The third-order valence-electron chi connectivity index (χ3n) is 4.10. The molecule has 124 valence electrons. The van der Waals surface area contributed by atoms with E-state index in [1.807, 2.05) is 56.7 Å². The van der Waals surface area contributed by atoms with Crippen molar-refractivity contribution in [2.24, 2.45) is 7.05 Å². The normalized spacial score (nSPS) is 11.0. The zero-order valence-electron chi connectivity index (χ0n) is 14.2. The SMILES string of the molecule is Cc1ccc(C(=O)CSc2nnc(-c3ccoc3C)n2C)cc1C. The molecule has 0 unspecified atom stereocenters. The molecule has 3 rings (SSSR count). The quantitative estimate of drug-likeness (QED) is 0.519. The lowest BCUT2D eigenvalue weighted by Gasteiger charge is -2.05. The van der Waals surface area contributed by atoms with E-state index >= 15 is 0 Å². The van der Waals surface area contributed by atoms with E-state index in [1.165, 1.54) is 17.3 Å². The Balaban J connectivity index is 1.73. The zero-order valence-corrected chi connectivity index (χ0v) is 15.0. The van der Waals surface area contributed by atoms with Crippen LogP contribution in [0.3, 0.4) is 0 Å². The van der Waals surface area contributed by atoms with Gasteiger partial charge in [-0.2, -0.15) is 0 Å². The fraction of sp³-hybridized carbons (Fsp3) is 0.278. The van der Waals surface area contributed by atoms with Crippen molar-refractivity contribution in [2.75, 3.05) is 5.75 Å². The van der Waals surface area contributed by atoms with Crippen LogP contribution < -0.4 is 0 Å². The number of carbonyl (C=O) groups excluding carboxylic acids is 1. The number of hydrogen-bond acceptors (Lipinski definition) is 5. The van der Waals surface area contributed by atoms with Crippen LogP contribution in [0.1, 0.15) is 27.2 Å². The number of ketones is 1. The lowest BCUT2D eigenvalue weighted by atomic mass is 10.0. The molecule has 0 aliphatic heterocycles. The van der Waals surface area contributed by atoms with Crippen molar-refractivity contribution in [1.29, 1.82) is 0 Å². The highest BCUT2D eigenvalue weighted by atomic mass is 32.2. The highest BCUT2D eigenvalue weighted by Gasteiger charge is 2.16. The van der Waals surface area contributed by atoms with Gasteiger partial charge in [-0.05, 0) is 44.0 Å².